The predicted octanol–water partition coefficient (Wildman–Crippen LogP) is 4.14. The van der Waals surface area contributed by atoms with Crippen LogP contribution in [0.1, 0.15) is 23.7 Å². The maximum Gasteiger partial charge on any atom is 0.302 e. The number of aromatic nitrogens is 2. The number of imidazole rings is 1. The highest BCUT2D eigenvalue weighted by atomic mass is 32.2. The zero-order valence-corrected chi connectivity index (χ0v) is 17.4. The van der Waals surface area contributed by atoms with Gasteiger partial charge < -0.3 is 4.74 Å². The lowest BCUT2D eigenvalue weighted by molar-refractivity contribution is 0.414. The third-order valence-corrected chi connectivity index (χ3v) is 5.75. The molecular weight excluding hydrogens is 386 g/mol. The van der Waals surface area contributed by atoms with E-state index in [9.17, 15) is 8.42 Å². The van der Waals surface area contributed by atoms with Gasteiger partial charge in [-0.05, 0) is 38.0 Å². The third kappa shape index (κ3) is 5.48. The molecule has 0 aliphatic carbocycles. The van der Waals surface area contributed by atoms with E-state index in [1.165, 1.54) is 0 Å². The summed E-state index contributed by atoms with van der Waals surface area (Å²) in [5, 5.41) is 0. The van der Waals surface area contributed by atoms with Gasteiger partial charge in [-0.15, -0.1) is 0 Å². The highest BCUT2D eigenvalue weighted by Gasteiger charge is 2.18. The maximum atomic E-state index is 12.5. The molecule has 0 aliphatic rings. The minimum atomic E-state index is -3.54. The molecule has 1 aromatic heterocycles. The summed E-state index contributed by atoms with van der Waals surface area (Å²) in [5.41, 5.74) is 2.94. The van der Waals surface area contributed by atoms with Crippen molar-refractivity contribution in [1.29, 1.82) is 0 Å². The molecule has 0 unspecified atom stereocenters. The van der Waals surface area contributed by atoms with Gasteiger partial charge in [-0.25, -0.2) is 13.4 Å². The summed E-state index contributed by atoms with van der Waals surface area (Å²) < 4.78 is 35.2. The van der Waals surface area contributed by atoms with Crippen molar-refractivity contribution in [1.82, 2.24) is 14.3 Å². The molecule has 0 atom stereocenters. The van der Waals surface area contributed by atoms with Crippen LogP contribution in [0, 0.1) is 6.92 Å². The number of rotatable bonds is 9. The molecule has 2 aromatic carbocycles. The van der Waals surface area contributed by atoms with Crippen LogP contribution >= 0.6 is 0 Å². The van der Waals surface area contributed by atoms with Gasteiger partial charge >= 0.3 is 6.01 Å². The molecule has 29 heavy (non-hydrogen) atoms. The first kappa shape index (κ1) is 20.7. The molecule has 3 aromatic rings. The van der Waals surface area contributed by atoms with Crippen LogP contribution in [-0.4, -0.2) is 23.7 Å². The minimum Gasteiger partial charge on any atom is -0.426 e. The molecule has 0 aliphatic heterocycles. The van der Waals surface area contributed by atoms with E-state index in [1.54, 1.807) is 10.8 Å². The average Bonchev–Trinajstić information content (AvgIpc) is 3.11. The van der Waals surface area contributed by atoms with Crippen molar-refractivity contribution in [2.24, 2.45) is 0 Å². The van der Waals surface area contributed by atoms with E-state index in [0.29, 0.717) is 30.4 Å². The molecule has 0 spiro atoms. The number of nitrogens with zero attached hydrogens (tertiary/aromatic N) is 2. The second kappa shape index (κ2) is 8.96. The summed E-state index contributed by atoms with van der Waals surface area (Å²) in [6.45, 7) is 8.39. The fraction of sp³-hybridized carbons (Fsp3) is 0.227. The van der Waals surface area contributed by atoms with Gasteiger partial charge in [0.15, 0.2) is 0 Å². The van der Waals surface area contributed by atoms with Gasteiger partial charge in [0, 0.05) is 6.54 Å². The fourth-order valence-electron chi connectivity index (χ4n) is 2.89. The van der Waals surface area contributed by atoms with Crippen LogP contribution < -0.4 is 9.46 Å². The van der Waals surface area contributed by atoms with Crippen LogP contribution in [0.3, 0.4) is 0 Å². The summed E-state index contributed by atoms with van der Waals surface area (Å²) in [6, 6.07) is 17.5. The van der Waals surface area contributed by atoms with E-state index in [1.807, 2.05) is 68.4 Å². The summed E-state index contributed by atoms with van der Waals surface area (Å²) >= 11 is 0. The first-order valence-electron chi connectivity index (χ1n) is 9.41. The lowest BCUT2D eigenvalue weighted by Gasteiger charge is -2.14. The molecule has 0 saturated carbocycles. The fourth-order valence-corrected chi connectivity index (χ4v) is 3.97. The van der Waals surface area contributed by atoms with Gasteiger partial charge in [-0.2, -0.15) is 0 Å². The van der Waals surface area contributed by atoms with Gasteiger partial charge in [-0.3, -0.25) is 9.29 Å². The molecule has 0 amide bonds. The van der Waals surface area contributed by atoms with Crippen molar-refractivity contribution in [2.45, 2.75) is 26.8 Å². The van der Waals surface area contributed by atoms with E-state index in [4.69, 9.17) is 4.74 Å². The second-order valence-electron chi connectivity index (χ2n) is 6.72. The Hall–Kier alpha value is -3.06. The molecule has 0 saturated heterocycles. The Bertz CT molecular complexity index is 1070. The monoisotopic (exact) mass is 411 g/mol. The van der Waals surface area contributed by atoms with Crippen molar-refractivity contribution in [2.75, 3.05) is 5.75 Å². The number of nitrogens with one attached hydrogen (secondary N) is 1. The molecule has 1 N–H and O–H groups in total. The standard InChI is InChI=1S/C22H25N3O3S/c1-4-25-21(16-23-22(25)28-20-12-10-17(2)11-13-20)18(3)24-29(26,27)15-14-19-8-6-5-7-9-19/h5-13,16,24H,3-4,14-15H2,1-2H3. The Balaban J connectivity index is 1.70. The van der Waals surface area contributed by atoms with E-state index < -0.39 is 10.0 Å². The lowest BCUT2D eigenvalue weighted by atomic mass is 10.2. The molecular formula is C22H25N3O3S. The Kier molecular flexibility index (Phi) is 6.39. The number of benzene rings is 2. The highest BCUT2D eigenvalue weighted by molar-refractivity contribution is 7.89. The summed E-state index contributed by atoms with van der Waals surface area (Å²) in [5.74, 6) is 0.639. The number of hydrogen-bond donors (Lipinski definition) is 1. The van der Waals surface area contributed by atoms with Crippen molar-refractivity contribution in [3.63, 3.8) is 0 Å². The SMILES string of the molecule is C=C(NS(=O)(=O)CCc1ccccc1)c1cnc(Oc2ccc(C)cc2)n1CC. The molecule has 0 radical (unpaired) electrons. The van der Waals surface area contributed by atoms with E-state index in [-0.39, 0.29) is 11.4 Å². The van der Waals surface area contributed by atoms with Gasteiger partial charge in [0.25, 0.3) is 0 Å². The number of sulfonamides is 1. The zero-order chi connectivity index (χ0) is 20.9. The zero-order valence-electron chi connectivity index (χ0n) is 16.6. The van der Waals surface area contributed by atoms with Gasteiger partial charge in [0.1, 0.15) is 5.75 Å². The molecule has 0 bridgehead atoms. The predicted molar refractivity (Wildman–Crippen MR) is 115 cm³/mol. The lowest BCUT2D eigenvalue weighted by Crippen LogP contribution is -2.26. The second-order valence-corrected chi connectivity index (χ2v) is 8.56. The Morgan fingerprint density at radius 2 is 1.83 bits per heavy atom. The van der Waals surface area contributed by atoms with Crippen LogP contribution in [0.4, 0.5) is 0 Å². The Morgan fingerprint density at radius 3 is 2.48 bits per heavy atom. The topological polar surface area (TPSA) is 73.2 Å². The maximum absolute atomic E-state index is 12.5. The summed E-state index contributed by atoms with van der Waals surface area (Å²) in [4.78, 5) is 4.29. The average molecular weight is 412 g/mol. The third-order valence-electron chi connectivity index (χ3n) is 4.46. The first-order chi connectivity index (χ1) is 13.9. The summed E-state index contributed by atoms with van der Waals surface area (Å²) in [7, 11) is -3.54. The van der Waals surface area contributed by atoms with Crippen LogP contribution in [0.15, 0.2) is 67.4 Å². The quantitative estimate of drug-likeness (QED) is 0.574. The Labute approximate surface area is 171 Å². The van der Waals surface area contributed by atoms with Gasteiger partial charge in [0.05, 0.1) is 23.3 Å². The van der Waals surface area contributed by atoms with Gasteiger partial charge in [0.2, 0.25) is 10.0 Å². The minimum absolute atomic E-state index is 0.0248. The molecule has 3 rings (SSSR count). The molecule has 7 heteroatoms. The number of ether oxygens (including phenoxy) is 1. The first-order valence-corrected chi connectivity index (χ1v) is 11.1. The van der Waals surface area contributed by atoms with Crippen LogP contribution in [0.5, 0.6) is 11.8 Å². The van der Waals surface area contributed by atoms with E-state index in [0.717, 1.165) is 11.1 Å². The van der Waals surface area contributed by atoms with Crippen LogP contribution in [0.2, 0.25) is 0 Å². The highest BCUT2D eigenvalue weighted by Crippen LogP contribution is 2.24. The molecule has 0 fully saturated rings. The number of hydrogen-bond acceptors (Lipinski definition) is 4. The van der Waals surface area contributed by atoms with Crippen LogP contribution in [-0.2, 0) is 23.0 Å². The van der Waals surface area contributed by atoms with Gasteiger partial charge in [-0.1, -0.05) is 54.6 Å². The largest absolute Gasteiger partial charge is 0.426 e. The number of aryl methyl sites for hydroxylation is 2. The van der Waals surface area contributed by atoms with Crippen molar-refractivity contribution in [3.05, 3.63) is 84.2 Å². The van der Waals surface area contributed by atoms with Crippen molar-refractivity contribution >= 4 is 15.7 Å². The van der Waals surface area contributed by atoms with Crippen molar-refractivity contribution < 1.29 is 13.2 Å². The Morgan fingerprint density at radius 1 is 1.14 bits per heavy atom. The molecule has 1 heterocycles. The van der Waals surface area contributed by atoms with Crippen LogP contribution in [0.25, 0.3) is 5.70 Å². The van der Waals surface area contributed by atoms with E-state index in [2.05, 4.69) is 16.3 Å². The molecule has 152 valence electrons. The normalized spacial score (nSPS) is 11.2. The van der Waals surface area contributed by atoms with E-state index >= 15 is 0 Å². The smallest absolute Gasteiger partial charge is 0.302 e. The molecule has 6 nitrogen and oxygen atoms in total. The van der Waals surface area contributed by atoms with Crippen molar-refractivity contribution in [3.8, 4) is 11.8 Å². The summed E-state index contributed by atoms with van der Waals surface area (Å²) in [6.07, 6.45) is 1.99.